The van der Waals surface area contributed by atoms with E-state index in [2.05, 4.69) is 40.1 Å². The van der Waals surface area contributed by atoms with Crippen molar-refractivity contribution in [1.82, 2.24) is 9.80 Å². The molecular weight excluding hydrogens is 287 g/mol. The third-order valence-corrected chi connectivity index (χ3v) is 5.27. The first-order valence-corrected chi connectivity index (χ1v) is 8.53. The molecule has 2 aliphatic rings. The van der Waals surface area contributed by atoms with Crippen LogP contribution in [0, 0.1) is 11.7 Å². The van der Waals surface area contributed by atoms with Gasteiger partial charge in [-0.1, -0.05) is 42.5 Å². The summed E-state index contributed by atoms with van der Waals surface area (Å²) in [4.78, 5) is 5.07. The Labute approximate surface area is 137 Å². The molecule has 4 rings (SSSR count). The predicted octanol–water partition coefficient (Wildman–Crippen LogP) is 3.53. The number of likely N-dealkylation sites (tertiary alicyclic amines) is 2. The Kier molecular flexibility index (Phi) is 4.15. The first-order valence-electron chi connectivity index (χ1n) is 8.53. The third-order valence-electron chi connectivity index (χ3n) is 5.27. The van der Waals surface area contributed by atoms with Crippen molar-refractivity contribution in [2.24, 2.45) is 5.92 Å². The molecule has 3 heteroatoms. The second-order valence-electron chi connectivity index (χ2n) is 6.90. The molecule has 2 fully saturated rings. The van der Waals surface area contributed by atoms with Gasteiger partial charge in [0.05, 0.1) is 0 Å². The summed E-state index contributed by atoms with van der Waals surface area (Å²) in [6, 6.07) is 18.4. The zero-order valence-electron chi connectivity index (χ0n) is 13.4. The molecule has 2 aromatic carbocycles. The van der Waals surface area contributed by atoms with Crippen molar-refractivity contribution in [3.05, 3.63) is 71.5 Å². The number of nitrogens with zero attached hydrogens (tertiary/aromatic N) is 2. The van der Waals surface area contributed by atoms with Gasteiger partial charge in [-0.25, -0.2) is 4.39 Å². The first kappa shape index (κ1) is 14.9. The molecule has 2 heterocycles. The van der Waals surface area contributed by atoms with Gasteiger partial charge in [-0.2, -0.15) is 0 Å². The number of piperidine rings is 1. The summed E-state index contributed by atoms with van der Waals surface area (Å²) in [5, 5.41) is 0. The van der Waals surface area contributed by atoms with Crippen molar-refractivity contribution in [2.45, 2.75) is 25.6 Å². The Morgan fingerprint density at radius 3 is 2.57 bits per heavy atom. The molecule has 2 atom stereocenters. The average molecular weight is 310 g/mol. The van der Waals surface area contributed by atoms with E-state index in [1.807, 2.05) is 12.1 Å². The van der Waals surface area contributed by atoms with E-state index in [1.54, 1.807) is 6.07 Å². The zero-order valence-corrected chi connectivity index (χ0v) is 13.4. The zero-order chi connectivity index (χ0) is 15.6. The highest BCUT2D eigenvalue weighted by Gasteiger charge is 2.41. The van der Waals surface area contributed by atoms with Gasteiger partial charge in [0.1, 0.15) is 5.82 Å². The van der Waals surface area contributed by atoms with Gasteiger partial charge in [0, 0.05) is 32.2 Å². The van der Waals surface area contributed by atoms with E-state index in [1.165, 1.54) is 24.6 Å². The average Bonchev–Trinajstić information content (AvgIpc) is 2.55. The standard InChI is InChI=1S/C20H23FN2/c21-19-8-4-7-17(11-19)12-22-10-9-18-14-23(20(18)15-22)13-16-5-2-1-3-6-16/h1-8,11,18,20H,9-10,12-15H2/t18-,20-/m1/s1. The SMILES string of the molecule is Fc1cccc(CN2CC[C@@H]3CN(Cc4ccccc4)[C@@H]3C2)c1. The molecule has 23 heavy (non-hydrogen) atoms. The second-order valence-corrected chi connectivity index (χ2v) is 6.90. The second kappa shape index (κ2) is 6.42. The monoisotopic (exact) mass is 310 g/mol. The van der Waals surface area contributed by atoms with Crippen LogP contribution in [-0.4, -0.2) is 35.5 Å². The molecule has 0 saturated carbocycles. The summed E-state index contributed by atoms with van der Waals surface area (Å²) in [6.45, 7) is 5.38. The molecule has 120 valence electrons. The fraction of sp³-hybridized carbons (Fsp3) is 0.400. The van der Waals surface area contributed by atoms with Gasteiger partial charge in [0.2, 0.25) is 0 Å². The van der Waals surface area contributed by atoms with Crippen LogP contribution in [0.2, 0.25) is 0 Å². The fourth-order valence-corrected chi connectivity index (χ4v) is 4.01. The minimum Gasteiger partial charge on any atom is -0.298 e. The van der Waals surface area contributed by atoms with E-state index in [0.29, 0.717) is 6.04 Å². The summed E-state index contributed by atoms with van der Waals surface area (Å²) < 4.78 is 13.3. The molecule has 0 aromatic heterocycles. The van der Waals surface area contributed by atoms with Crippen LogP contribution in [0.3, 0.4) is 0 Å². The van der Waals surface area contributed by atoms with Crippen LogP contribution in [0.1, 0.15) is 17.5 Å². The molecule has 2 aromatic rings. The van der Waals surface area contributed by atoms with Crippen molar-refractivity contribution in [1.29, 1.82) is 0 Å². The number of hydrogen-bond donors (Lipinski definition) is 0. The van der Waals surface area contributed by atoms with E-state index in [9.17, 15) is 4.39 Å². The van der Waals surface area contributed by atoms with Crippen LogP contribution < -0.4 is 0 Å². The van der Waals surface area contributed by atoms with Crippen LogP contribution in [0.25, 0.3) is 0 Å². The maximum atomic E-state index is 13.3. The molecule has 0 spiro atoms. The quantitative estimate of drug-likeness (QED) is 0.852. The van der Waals surface area contributed by atoms with Gasteiger partial charge in [-0.3, -0.25) is 9.80 Å². The Morgan fingerprint density at radius 1 is 0.913 bits per heavy atom. The fourth-order valence-electron chi connectivity index (χ4n) is 4.01. The lowest BCUT2D eigenvalue weighted by Gasteiger charge is -2.53. The molecule has 0 amide bonds. The summed E-state index contributed by atoms with van der Waals surface area (Å²) in [7, 11) is 0. The molecule has 0 aliphatic carbocycles. The maximum absolute atomic E-state index is 13.3. The normalized spacial score (nSPS) is 24.9. The van der Waals surface area contributed by atoms with Crippen molar-refractivity contribution in [3.63, 3.8) is 0 Å². The topological polar surface area (TPSA) is 6.48 Å². The molecule has 2 saturated heterocycles. The van der Waals surface area contributed by atoms with E-state index in [4.69, 9.17) is 0 Å². The van der Waals surface area contributed by atoms with Crippen molar-refractivity contribution in [2.75, 3.05) is 19.6 Å². The van der Waals surface area contributed by atoms with Crippen LogP contribution in [0.4, 0.5) is 4.39 Å². The first-order chi connectivity index (χ1) is 11.3. The summed E-state index contributed by atoms with van der Waals surface area (Å²) in [6.07, 6.45) is 1.27. The van der Waals surface area contributed by atoms with Gasteiger partial charge in [-0.05, 0) is 42.1 Å². The molecule has 0 unspecified atom stereocenters. The molecule has 0 radical (unpaired) electrons. The van der Waals surface area contributed by atoms with Crippen molar-refractivity contribution in [3.8, 4) is 0 Å². The van der Waals surface area contributed by atoms with Gasteiger partial charge in [0.15, 0.2) is 0 Å². The molecule has 0 bridgehead atoms. The highest BCUT2D eigenvalue weighted by Crippen LogP contribution is 2.34. The van der Waals surface area contributed by atoms with E-state index in [0.717, 1.165) is 37.7 Å². The molecule has 0 N–H and O–H groups in total. The van der Waals surface area contributed by atoms with Crippen molar-refractivity contribution >= 4 is 0 Å². The van der Waals surface area contributed by atoms with Gasteiger partial charge in [0.25, 0.3) is 0 Å². The number of fused-ring (bicyclic) bond motifs is 1. The molecular formula is C20H23FN2. The number of benzene rings is 2. The summed E-state index contributed by atoms with van der Waals surface area (Å²) in [5.74, 6) is 0.717. The minimum absolute atomic E-state index is 0.133. The highest BCUT2D eigenvalue weighted by molar-refractivity contribution is 5.17. The summed E-state index contributed by atoms with van der Waals surface area (Å²) in [5.41, 5.74) is 2.48. The number of halogens is 1. The number of hydrogen-bond acceptors (Lipinski definition) is 2. The van der Waals surface area contributed by atoms with Crippen LogP contribution in [0.15, 0.2) is 54.6 Å². The third kappa shape index (κ3) is 3.31. The van der Waals surface area contributed by atoms with Gasteiger partial charge >= 0.3 is 0 Å². The van der Waals surface area contributed by atoms with Gasteiger partial charge < -0.3 is 0 Å². The lowest BCUT2D eigenvalue weighted by atomic mass is 9.82. The van der Waals surface area contributed by atoms with E-state index >= 15 is 0 Å². The lowest BCUT2D eigenvalue weighted by Crippen LogP contribution is -2.63. The van der Waals surface area contributed by atoms with Crippen LogP contribution >= 0.6 is 0 Å². The van der Waals surface area contributed by atoms with Crippen LogP contribution in [-0.2, 0) is 13.1 Å². The predicted molar refractivity (Wildman–Crippen MR) is 90.4 cm³/mol. The maximum Gasteiger partial charge on any atom is 0.123 e. The Bertz CT molecular complexity index is 658. The van der Waals surface area contributed by atoms with E-state index in [-0.39, 0.29) is 5.82 Å². The largest absolute Gasteiger partial charge is 0.298 e. The smallest absolute Gasteiger partial charge is 0.123 e. The van der Waals surface area contributed by atoms with Gasteiger partial charge in [-0.15, -0.1) is 0 Å². The van der Waals surface area contributed by atoms with E-state index < -0.39 is 0 Å². The summed E-state index contributed by atoms with van der Waals surface area (Å²) >= 11 is 0. The number of rotatable bonds is 4. The lowest BCUT2D eigenvalue weighted by molar-refractivity contribution is -0.0515. The molecule has 2 aliphatic heterocycles. The minimum atomic E-state index is -0.133. The highest BCUT2D eigenvalue weighted by atomic mass is 19.1. The van der Waals surface area contributed by atoms with Crippen LogP contribution in [0.5, 0.6) is 0 Å². The molecule has 2 nitrogen and oxygen atoms in total. The van der Waals surface area contributed by atoms with Crippen molar-refractivity contribution < 1.29 is 4.39 Å². The Balaban J connectivity index is 1.37. The Morgan fingerprint density at radius 2 is 1.74 bits per heavy atom. The Hall–Kier alpha value is -1.71.